The molecular formula is C12H9N3OS. The smallest absolute Gasteiger partial charge is 0.269 e. The second kappa shape index (κ2) is 4.85. The summed E-state index contributed by atoms with van der Waals surface area (Å²) in [5, 5.41) is 9.16. The van der Waals surface area contributed by atoms with Crippen LogP contribution in [0.4, 0.5) is 0 Å². The van der Waals surface area contributed by atoms with E-state index in [4.69, 9.17) is 5.26 Å². The van der Waals surface area contributed by atoms with Crippen molar-refractivity contribution >= 4 is 12.6 Å². The maximum atomic E-state index is 11.5. The average molecular weight is 243 g/mol. The first kappa shape index (κ1) is 11.4. The molecule has 0 bridgehead atoms. The van der Waals surface area contributed by atoms with Crippen LogP contribution in [0.15, 0.2) is 40.3 Å². The van der Waals surface area contributed by atoms with E-state index >= 15 is 0 Å². The fourth-order valence-electron chi connectivity index (χ4n) is 1.54. The number of thiol groups is 1. The first-order chi connectivity index (χ1) is 8.20. The first-order valence-corrected chi connectivity index (χ1v) is 5.41. The van der Waals surface area contributed by atoms with Crippen molar-refractivity contribution in [1.82, 2.24) is 9.97 Å². The summed E-state index contributed by atoms with van der Waals surface area (Å²) >= 11 is 4.00. The zero-order valence-corrected chi connectivity index (χ0v) is 9.74. The van der Waals surface area contributed by atoms with Gasteiger partial charge in [-0.25, -0.2) is 4.98 Å². The summed E-state index contributed by atoms with van der Waals surface area (Å²) in [4.78, 5) is 18.0. The van der Waals surface area contributed by atoms with E-state index in [0.29, 0.717) is 12.1 Å². The molecule has 0 fully saturated rings. The number of nitrogens with zero attached hydrogens (tertiary/aromatic N) is 2. The molecule has 84 valence electrons. The second-order valence-electron chi connectivity index (χ2n) is 3.49. The van der Waals surface area contributed by atoms with Gasteiger partial charge in [0, 0.05) is 6.42 Å². The van der Waals surface area contributed by atoms with Crippen molar-refractivity contribution in [2.75, 3.05) is 0 Å². The lowest BCUT2D eigenvalue weighted by Gasteiger charge is -2.03. The molecule has 0 atom stereocenters. The Bertz CT molecular complexity index is 628. The maximum absolute atomic E-state index is 11.5. The third kappa shape index (κ3) is 2.55. The summed E-state index contributed by atoms with van der Waals surface area (Å²) in [6, 6.07) is 11.4. The molecule has 0 radical (unpaired) electrons. The Morgan fingerprint density at radius 3 is 2.71 bits per heavy atom. The zero-order chi connectivity index (χ0) is 12.3. The van der Waals surface area contributed by atoms with E-state index in [0.717, 1.165) is 5.56 Å². The van der Waals surface area contributed by atoms with Crippen molar-refractivity contribution < 1.29 is 0 Å². The number of aromatic amines is 1. The monoisotopic (exact) mass is 243 g/mol. The minimum Gasteiger partial charge on any atom is -0.301 e. The van der Waals surface area contributed by atoms with Gasteiger partial charge in [0.1, 0.15) is 11.6 Å². The molecule has 0 amide bonds. The fraction of sp³-hybridized carbons (Fsp3) is 0.0833. The number of nitriles is 1. The van der Waals surface area contributed by atoms with E-state index in [1.807, 2.05) is 36.4 Å². The number of benzene rings is 1. The second-order valence-corrected chi connectivity index (χ2v) is 3.91. The zero-order valence-electron chi connectivity index (χ0n) is 8.84. The number of aromatic nitrogens is 2. The highest BCUT2D eigenvalue weighted by Crippen LogP contribution is 2.09. The van der Waals surface area contributed by atoms with Gasteiger partial charge >= 0.3 is 0 Å². The molecule has 5 heteroatoms. The molecule has 1 aromatic carbocycles. The highest BCUT2D eigenvalue weighted by molar-refractivity contribution is 7.80. The Kier molecular flexibility index (Phi) is 3.26. The lowest BCUT2D eigenvalue weighted by Crippen LogP contribution is -2.16. The SMILES string of the molecule is N#Cc1c(Cc2ccccc2)nc(S)[nH]c1=O. The molecule has 0 aliphatic heterocycles. The molecule has 17 heavy (non-hydrogen) atoms. The van der Waals surface area contributed by atoms with E-state index in [1.165, 1.54) is 0 Å². The van der Waals surface area contributed by atoms with Crippen LogP contribution in [0.3, 0.4) is 0 Å². The Labute approximate surface area is 103 Å². The standard InChI is InChI=1S/C12H9N3OS/c13-7-9-10(14-12(17)15-11(9)16)6-8-4-2-1-3-5-8/h1-5H,6H2,(H2,14,15,16,17). The molecule has 1 heterocycles. The van der Waals surface area contributed by atoms with Gasteiger partial charge in [-0.2, -0.15) is 5.26 Å². The summed E-state index contributed by atoms with van der Waals surface area (Å²) in [6.45, 7) is 0. The van der Waals surface area contributed by atoms with Crippen LogP contribution >= 0.6 is 12.6 Å². The van der Waals surface area contributed by atoms with E-state index in [-0.39, 0.29) is 10.7 Å². The van der Waals surface area contributed by atoms with Gasteiger partial charge in [-0.1, -0.05) is 30.3 Å². The van der Waals surface area contributed by atoms with Crippen LogP contribution in [0.5, 0.6) is 0 Å². The Hall–Kier alpha value is -2.06. The Morgan fingerprint density at radius 2 is 2.06 bits per heavy atom. The minimum absolute atomic E-state index is 0.0478. The van der Waals surface area contributed by atoms with E-state index < -0.39 is 5.56 Å². The summed E-state index contributed by atoms with van der Waals surface area (Å²) in [5.74, 6) is 0. The summed E-state index contributed by atoms with van der Waals surface area (Å²) in [6.07, 6.45) is 0.446. The minimum atomic E-state index is -0.446. The molecule has 0 saturated carbocycles. The predicted octanol–water partition coefficient (Wildman–Crippen LogP) is 1.52. The molecule has 2 aromatic rings. The number of rotatable bonds is 2. The Balaban J connectivity index is 2.46. The molecule has 0 saturated heterocycles. The van der Waals surface area contributed by atoms with Crippen LogP contribution in [0, 0.1) is 11.3 Å². The van der Waals surface area contributed by atoms with E-state index in [1.54, 1.807) is 0 Å². The highest BCUT2D eigenvalue weighted by atomic mass is 32.1. The molecule has 4 nitrogen and oxygen atoms in total. The highest BCUT2D eigenvalue weighted by Gasteiger charge is 2.10. The summed E-state index contributed by atoms with van der Waals surface area (Å²) in [5.41, 5.74) is 1.05. The third-order valence-corrected chi connectivity index (χ3v) is 2.52. The molecule has 0 unspecified atom stereocenters. The third-order valence-electron chi connectivity index (χ3n) is 2.31. The summed E-state index contributed by atoms with van der Waals surface area (Å²) < 4.78 is 0. The largest absolute Gasteiger partial charge is 0.301 e. The van der Waals surface area contributed by atoms with Crippen molar-refractivity contribution in [3.05, 3.63) is 57.5 Å². The molecule has 0 aliphatic rings. The molecule has 0 spiro atoms. The average Bonchev–Trinajstić information content (AvgIpc) is 2.30. The van der Waals surface area contributed by atoms with Crippen molar-refractivity contribution in [3.8, 4) is 6.07 Å². The number of H-pyrrole nitrogens is 1. The molecular weight excluding hydrogens is 234 g/mol. The van der Waals surface area contributed by atoms with Crippen molar-refractivity contribution in [1.29, 1.82) is 5.26 Å². The molecule has 0 aliphatic carbocycles. The lowest BCUT2D eigenvalue weighted by molar-refractivity contribution is 0.875. The van der Waals surface area contributed by atoms with Crippen LogP contribution in [-0.2, 0) is 6.42 Å². The number of hydrogen-bond acceptors (Lipinski definition) is 4. The maximum Gasteiger partial charge on any atom is 0.269 e. The van der Waals surface area contributed by atoms with Gasteiger partial charge in [0.05, 0.1) is 5.69 Å². The van der Waals surface area contributed by atoms with Crippen molar-refractivity contribution in [3.63, 3.8) is 0 Å². The van der Waals surface area contributed by atoms with Gasteiger partial charge in [0.2, 0.25) is 0 Å². The van der Waals surface area contributed by atoms with E-state index in [2.05, 4.69) is 22.6 Å². The Morgan fingerprint density at radius 1 is 1.35 bits per heavy atom. The van der Waals surface area contributed by atoms with Crippen LogP contribution in [0.2, 0.25) is 0 Å². The van der Waals surface area contributed by atoms with Gasteiger partial charge in [-0.15, -0.1) is 12.6 Å². The van der Waals surface area contributed by atoms with Gasteiger partial charge in [-0.05, 0) is 5.56 Å². The van der Waals surface area contributed by atoms with Gasteiger partial charge in [0.15, 0.2) is 5.16 Å². The number of nitrogens with one attached hydrogen (secondary N) is 1. The van der Waals surface area contributed by atoms with Crippen LogP contribution in [-0.4, -0.2) is 9.97 Å². The van der Waals surface area contributed by atoms with Gasteiger partial charge < -0.3 is 4.98 Å². The molecule has 2 rings (SSSR count). The first-order valence-electron chi connectivity index (χ1n) is 4.97. The normalized spacial score (nSPS) is 9.88. The topological polar surface area (TPSA) is 69.5 Å². The van der Waals surface area contributed by atoms with Crippen LogP contribution in [0.25, 0.3) is 0 Å². The summed E-state index contributed by atoms with van der Waals surface area (Å²) in [7, 11) is 0. The van der Waals surface area contributed by atoms with Crippen LogP contribution in [0.1, 0.15) is 16.8 Å². The van der Waals surface area contributed by atoms with E-state index in [9.17, 15) is 4.79 Å². The lowest BCUT2D eigenvalue weighted by atomic mass is 10.1. The quantitative estimate of drug-likeness (QED) is 0.620. The van der Waals surface area contributed by atoms with Crippen LogP contribution < -0.4 is 5.56 Å². The van der Waals surface area contributed by atoms with Crippen molar-refractivity contribution in [2.24, 2.45) is 0 Å². The van der Waals surface area contributed by atoms with Gasteiger partial charge in [-0.3, -0.25) is 4.79 Å². The predicted molar refractivity (Wildman–Crippen MR) is 66.1 cm³/mol. The molecule has 1 aromatic heterocycles. The molecule has 1 N–H and O–H groups in total. The van der Waals surface area contributed by atoms with Gasteiger partial charge in [0.25, 0.3) is 5.56 Å². The fourth-order valence-corrected chi connectivity index (χ4v) is 1.76. The number of hydrogen-bond donors (Lipinski definition) is 2. The van der Waals surface area contributed by atoms with Crippen molar-refractivity contribution in [2.45, 2.75) is 11.6 Å².